The normalized spacial score (nSPS) is 32.9. The first-order valence-electron chi connectivity index (χ1n) is 9.23. The van der Waals surface area contributed by atoms with Crippen LogP contribution in [-0.4, -0.2) is 0 Å². The third kappa shape index (κ3) is 2.76. The van der Waals surface area contributed by atoms with Gasteiger partial charge in [0, 0.05) is 5.92 Å². The Morgan fingerprint density at radius 2 is 1.75 bits per heavy atom. The van der Waals surface area contributed by atoms with Crippen LogP contribution in [0.5, 0.6) is 0 Å². The van der Waals surface area contributed by atoms with Gasteiger partial charge in [0.2, 0.25) is 0 Å². The molecule has 0 heteroatoms. The van der Waals surface area contributed by atoms with Crippen LogP contribution in [0.3, 0.4) is 0 Å². The van der Waals surface area contributed by atoms with Gasteiger partial charge in [0.1, 0.15) is 0 Å². The van der Waals surface area contributed by atoms with Gasteiger partial charge in [-0.2, -0.15) is 0 Å². The van der Waals surface area contributed by atoms with Crippen LogP contribution in [-0.2, 0) is 0 Å². The molecule has 3 aliphatic rings. The third-order valence-electron chi connectivity index (χ3n) is 5.96. The van der Waals surface area contributed by atoms with Crippen molar-refractivity contribution < 1.29 is 0 Å². The smallest absolute Gasteiger partial charge is 0.00185 e. The first kappa shape index (κ1) is 14.4. The molecular weight excluding hydrogens is 240 g/mol. The zero-order valence-electron chi connectivity index (χ0n) is 13.6. The molecule has 0 N–H and O–H groups in total. The standard InChI is InChI=1S/C20H32/c1-3-4-5-6-7-8-9-10-11-16-13-17-14-19(16)20-15(2)12-18(17)20/h11,15,17,19H,3-10,12-14H2,1-2H3. The van der Waals surface area contributed by atoms with Crippen LogP contribution in [0, 0.1) is 17.8 Å². The molecule has 0 heterocycles. The van der Waals surface area contributed by atoms with Gasteiger partial charge in [0.05, 0.1) is 0 Å². The molecule has 0 radical (unpaired) electrons. The maximum absolute atomic E-state index is 2.63. The van der Waals surface area contributed by atoms with Crippen molar-refractivity contribution in [3.63, 3.8) is 0 Å². The van der Waals surface area contributed by atoms with E-state index in [1.54, 1.807) is 0 Å². The maximum atomic E-state index is 2.63. The topological polar surface area (TPSA) is 0 Å². The average molecular weight is 272 g/mol. The summed E-state index contributed by atoms with van der Waals surface area (Å²) >= 11 is 0. The lowest BCUT2D eigenvalue weighted by molar-refractivity contribution is 0.502. The number of unbranched alkanes of at least 4 members (excludes halogenated alkanes) is 7. The Morgan fingerprint density at radius 1 is 1.00 bits per heavy atom. The van der Waals surface area contributed by atoms with Crippen LogP contribution >= 0.6 is 0 Å². The highest BCUT2D eigenvalue weighted by Gasteiger charge is 2.48. The van der Waals surface area contributed by atoms with E-state index < -0.39 is 0 Å². The highest BCUT2D eigenvalue weighted by Crippen LogP contribution is 2.61. The molecule has 0 aliphatic heterocycles. The van der Waals surface area contributed by atoms with Crippen LogP contribution < -0.4 is 0 Å². The summed E-state index contributed by atoms with van der Waals surface area (Å²) in [5.41, 5.74) is 5.59. The van der Waals surface area contributed by atoms with Gasteiger partial charge in [-0.05, 0) is 43.9 Å². The van der Waals surface area contributed by atoms with Crippen LogP contribution in [0.25, 0.3) is 0 Å². The van der Waals surface area contributed by atoms with Crippen molar-refractivity contribution in [1.29, 1.82) is 0 Å². The molecule has 3 rings (SSSR count). The van der Waals surface area contributed by atoms with Gasteiger partial charge in [-0.1, -0.05) is 75.2 Å². The summed E-state index contributed by atoms with van der Waals surface area (Å²) in [7, 11) is 0. The molecule has 112 valence electrons. The van der Waals surface area contributed by atoms with E-state index in [4.69, 9.17) is 0 Å². The molecule has 1 saturated carbocycles. The summed E-state index contributed by atoms with van der Waals surface area (Å²) < 4.78 is 0. The Morgan fingerprint density at radius 3 is 2.50 bits per heavy atom. The number of fused-ring (bicyclic) bond motifs is 4. The van der Waals surface area contributed by atoms with Crippen LogP contribution in [0.1, 0.15) is 84.5 Å². The van der Waals surface area contributed by atoms with Crippen molar-refractivity contribution in [3.8, 4) is 0 Å². The van der Waals surface area contributed by atoms with Gasteiger partial charge >= 0.3 is 0 Å². The van der Waals surface area contributed by atoms with E-state index in [-0.39, 0.29) is 0 Å². The van der Waals surface area contributed by atoms with Gasteiger partial charge in [0.25, 0.3) is 0 Å². The minimum atomic E-state index is 0.906. The van der Waals surface area contributed by atoms with Crippen LogP contribution in [0.2, 0.25) is 0 Å². The maximum Gasteiger partial charge on any atom is 0.00185 e. The number of rotatable bonds is 8. The summed E-state index contributed by atoms with van der Waals surface area (Å²) in [6.45, 7) is 4.73. The van der Waals surface area contributed by atoms with E-state index in [0.717, 1.165) is 17.8 Å². The molecule has 0 amide bonds. The first-order valence-corrected chi connectivity index (χ1v) is 9.23. The van der Waals surface area contributed by atoms with E-state index in [2.05, 4.69) is 19.9 Å². The summed E-state index contributed by atoms with van der Waals surface area (Å²) in [5, 5.41) is 0. The van der Waals surface area contributed by atoms with Crippen molar-refractivity contribution >= 4 is 0 Å². The Balaban J connectivity index is 1.35. The van der Waals surface area contributed by atoms with Crippen molar-refractivity contribution in [2.45, 2.75) is 84.5 Å². The van der Waals surface area contributed by atoms with Gasteiger partial charge in [-0.15, -0.1) is 0 Å². The molecule has 0 aromatic heterocycles. The zero-order chi connectivity index (χ0) is 13.9. The molecule has 3 unspecified atom stereocenters. The Bertz CT molecular complexity index is 398. The highest BCUT2D eigenvalue weighted by atomic mass is 14.5. The summed E-state index contributed by atoms with van der Waals surface area (Å²) in [4.78, 5) is 0. The van der Waals surface area contributed by atoms with Crippen LogP contribution in [0.4, 0.5) is 0 Å². The fraction of sp³-hybridized carbons (Fsp3) is 0.800. The summed E-state index contributed by atoms with van der Waals surface area (Å²) in [6.07, 6.45) is 18.4. The lowest BCUT2D eigenvalue weighted by Crippen LogP contribution is -2.22. The van der Waals surface area contributed by atoms with E-state index in [9.17, 15) is 0 Å². The molecule has 3 atom stereocenters. The molecular formula is C20H32. The molecule has 0 aromatic carbocycles. The monoisotopic (exact) mass is 272 g/mol. The largest absolute Gasteiger partial charge is 0.0847 e. The van der Waals surface area contributed by atoms with Crippen LogP contribution in [0.15, 0.2) is 22.8 Å². The lowest BCUT2D eigenvalue weighted by atomic mass is 9.70. The lowest BCUT2D eigenvalue weighted by Gasteiger charge is -2.35. The molecule has 2 bridgehead atoms. The van der Waals surface area contributed by atoms with Gasteiger partial charge in [-0.25, -0.2) is 0 Å². The Labute approximate surface area is 125 Å². The zero-order valence-corrected chi connectivity index (χ0v) is 13.6. The number of hydrogen-bond donors (Lipinski definition) is 0. The third-order valence-corrected chi connectivity index (χ3v) is 5.96. The van der Waals surface area contributed by atoms with Crippen molar-refractivity contribution in [3.05, 3.63) is 22.8 Å². The highest BCUT2D eigenvalue weighted by molar-refractivity contribution is 5.46. The van der Waals surface area contributed by atoms with Gasteiger partial charge < -0.3 is 0 Å². The van der Waals surface area contributed by atoms with Crippen molar-refractivity contribution in [2.24, 2.45) is 17.8 Å². The number of hydrogen-bond acceptors (Lipinski definition) is 0. The van der Waals surface area contributed by atoms with Crippen molar-refractivity contribution in [2.75, 3.05) is 0 Å². The predicted octanol–water partition coefficient (Wildman–Crippen LogP) is 6.43. The molecule has 20 heavy (non-hydrogen) atoms. The fourth-order valence-corrected chi connectivity index (χ4v) is 4.87. The molecule has 0 spiro atoms. The Kier molecular flexibility index (Phi) is 4.68. The Hall–Kier alpha value is -0.520. The minimum Gasteiger partial charge on any atom is -0.0847 e. The number of allylic oxidation sites excluding steroid dienone is 4. The molecule has 1 fully saturated rings. The molecule has 0 saturated heterocycles. The van der Waals surface area contributed by atoms with Gasteiger partial charge in [0.15, 0.2) is 0 Å². The summed E-state index contributed by atoms with van der Waals surface area (Å²) in [5.74, 6) is 2.80. The second-order valence-electron chi connectivity index (χ2n) is 7.46. The van der Waals surface area contributed by atoms with E-state index in [0.29, 0.717) is 0 Å². The second kappa shape index (κ2) is 6.50. The van der Waals surface area contributed by atoms with E-state index >= 15 is 0 Å². The predicted molar refractivity (Wildman–Crippen MR) is 87.7 cm³/mol. The quantitative estimate of drug-likeness (QED) is 0.353. The summed E-state index contributed by atoms with van der Waals surface area (Å²) in [6, 6.07) is 0. The van der Waals surface area contributed by atoms with Gasteiger partial charge in [-0.3, -0.25) is 0 Å². The van der Waals surface area contributed by atoms with Crippen molar-refractivity contribution in [1.82, 2.24) is 0 Å². The molecule has 0 aromatic rings. The van der Waals surface area contributed by atoms with E-state index in [1.165, 1.54) is 70.6 Å². The second-order valence-corrected chi connectivity index (χ2v) is 7.46. The molecule has 3 aliphatic carbocycles. The SMILES string of the molecule is CCCCCCCCCC=C1CC2CC1C1=C2CC1C. The fourth-order valence-electron chi connectivity index (χ4n) is 4.87. The first-order chi connectivity index (χ1) is 9.81. The molecule has 0 nitrogen and oxygen atoms in total. The van der Waals surface area contributed by atoms with E-state index in [1.807, 2.05) is 16.7 Å². The average Bonchev–Trinajstić information content (AvgIpc) is 2.94. The minimum absolute atomic E-state index is 0.906.